The summed E-state index contributed by atoms with van der Waals surface area (Å²) in [6, 6.07) is 17.9. The summed E-state index contributed by atoms with van der Waals surface area (Å²) in [7, 11) is 1.45. The predicted octanol–water partition coefficient (Wildman–Crippen LogP) is 3.26. The van der Waals surface area contributed by atoms with Gasteiger partial charge in [0, 0.05) is 37.8 Å². The Morgan fingerprint density at radius 2 is 1.79 bits per heavy atom. The highest BCUT2D eigenvalue weighted by Gasteiger charge is 2.36. The van der Waals surface area contributed by atoms with Crippen molar-refractivity contribution >= 4 is 40.2 Å². The fourth-order valence-electron chi connectivity index (χ4n) is 4.65. The fourth-order valence-corrected chi connectivity index (χ4v) is 4.65. The van der Waals surface area contributed by atoms with Crippen molar-refractivity contribution in [2.24, 2.45) is 0 Å². The molecule has 3 aromatic rings. The first-order valence-corrected chi connectivity index (χ1v) is 11.2. The lowest BCUT2D eigenvalue weighted by Gasteiger charge is -2.29. The van der Waals surface area contributed by atoms with Crippen molar-refractivity contribution in [3.63, 3.8) is 0 Å². The molecule has 5 rings (SSSR count). The second-order valence-corrected chi connectivity index (χ2v) is 8.67. The minimum absolute atomic E-state index is 0.257. The highest BCUT2D eigenvalue weighted by Crippen LogP contribution is 2.30. The molecule has 5 amide bonds. The van der Waals surface area contributed by atoms with Gasteiger partial charge in [-0.2, -0.15) is 0 Å². The number of benzene rings is 3. The van der Waals surface area contributed by atoms with Crippen LogP contribution in [0.15, 0.2) is 60.7 Å². The normalized spacial score (nSPS) is 17.9. The Morgan fingerprint density at radius 3 is 2.59 bits per heavy atom. The first-order valence-electron chi connectivity index (χ1n) is 11.2. The van der Waals surface area contributed by atoms with E-state index in [4.69, 9.17) is 0 Å². The van der Waals surface area contributed by atoms with Crippen LogP contribution in [0.4, 0.5) is 10.5 Å². The molecular weight excluding hydrogens is 432 g/mol. The molecule has 2 N–H and O–H groups in total. The molecule has 2 aliphatic heterocycles. The second-order valence-electron chi connectivity index (χ2n) is 8.67. The van der Waals surface area contributed by atoms with Crippen molar-refractivity contribution in [2.75, 3.05) is 12.4 Å². The second kappa shape index (κ2) is 8.72. The average Bonchev–Trinajstić information content (AvgIpc) is 3.27. The topological polar surface area (TPSA) is 98.8 Å². The molecule has 0 aromatic heterocycles. The molecule has 0 spiro atoms. The highest BCUT2D eigenvalue weighted by molar-refractivity contribution is 6.09. The van der Waals surface area contributed by atoms with Crippen molar-refractivity contribution < 1.29 is 19.2 Å². The minimum atomic E-state index is -0.530. The number of amides is 5. The Kier molecular flexibility index (Phi) is 5.59. The van der Waals surface area contributed by atoms with Gasteiger partial charge in [-0.15, -0.1) is 0 Å². The molecule has 8 nitrogen and oxygen atoms in total. The van der Waals surface area contributed by atoms with Crippen LogP contribution in [0.2, 0.25) is 0 Å². The predicted molar refractivity (Wildman–Crippen MR) is 127 cm³/mol. The van der Waals surface area contributed by atoms with Crippen molar-refractivity contribution in [3.8, 4) is 0 Å². The quantitative estimate of drug-likeness (QED) is 0.590. The van der Waals surface area contributed by atoms with E-state index in [0.29, 0.717) is 37.2 Å². The number of urea groups is 1. The first kappa shape index (κ1) is 21.8. The van der Waals surface area contributed by atoms with Crippen molar-refractivity contribution in [2.45, 2.75) is 32.0 Å². The molecular formula is C26H24N4O4. The number of imide groups is 2. The van der Waals surface area contributed by atoms with Crippen molar-refractivity contribution in [1.82, 2.24) is 15.1 Å². The zero-order chi connectivity index (χ0) is 23.8. The van der Waals surface area contributed by atoms with E-state index in [0.717, 1.165) is 26.8 Å². The molecule has 3 aromatic carbocycles. The van der Waals surface area contributed by atoms with Gasteiger partial charge in [0.2, 0.25) is 11.8 Å². The van der Waals surface area contributed by atoms with Gasteiger partial charge < -0.3 is 5.32 Å². The van der Waals surface area contributed by atoms with Gasteiger partial charge in [-0.25, -0.2) is 4.79 Å². The summed E-state index contributed by atoms with van der Waals surface area (Å²) >= 11 is 0. The van der Waals surface area contributed by atoms with Gasteiger partial charge >= 0.3 is 6.03 Å². The summed E-state index contributed by atoms with van der Waals surface area (Å²) in [6.07, 6.45) is 0.753. The van der Waals surface area contributed by atoms with Crippen LogP contribution in [0.5, 0.6) is 0 Å². The SMILES string of the molecule is CN(C(=O)Nc1ccc2ccccc2c1)C(=O)c1cccc2c1CN(C1CCC(=O)NC1=O)C2. The number of hydrogen-bond acceptors (Lipinski definition) is 5. The fraction of sp³-hybridized carbons (Fsp3) is 0.231. The molecule has 0 bridgehead atoms. The van der Waals surface area contributed by atoms with E-state index in [1.54, 1.807) is 18.2 Å². The maximum absolute atomic E-state index is 13.3. The Balaban J connectivity index is 1.31. The van der Waals surface area contributed by atoms with Crippen LogP contribution in [0, 0.1) is 0 Å². The minimum Gasteiger partial charge on any atom is -0.307 e. The lowest BCUT2D eigenvalue weighted by Crippen LogP contribution is -2.50. The largest absolute Gasteiger partial charge is 0.328 e. The van der Waals surface area contributed by atoms with Crippen LogP contribution >= 0.6 is 0 Å². The third-order valence-corrected chi connectivity index (χ3v) is 6.50. The van der Waals surface area contributed by atoms with Gasteiger partial charge in [0.1, 0.15) is 0 Å². The third kappa shape index (κ3) is 4.04. The average molecular weight is 457 g/mol. The standard InChI is InChI=1S/C26H24N4O4/c1-29(26(34)27-19-10-9-16-5-2-3-6-17(16)13-19)25(33)20-8-4-7-18-14-30(15-21(18)20)22-11-12-23(31)28-24(22)32/h2-10,13,22H,11-12,14-15H2,1H3,(H,27,34)(H,28,31,32). The number of piperidine rings is 1. The van der Waals surface area contributed by atoms with E-state index in [9.17, 15) is 19.2 Å². The molecule has 0 radical (unpaired) electrons. The molecule has 34 heavy (non-hydrogen) atoms. The van der Waals surface area contributed by atoms with Crippen LogP contribution in [0.25, 0.3) is 10.8 Å². The van der Waals surface area contributed by atoms with E-state index in [1.165, 1.54) is 7.05 Å². The molecule has 2 aliphatic rings. The number of hydrogen-bond donors (Lipinski definition) is 2. The maximum atomic E-state index is 13.3. The van der Waals surface area contributed by atoms with Crippen molar-refractivity contribution in [1.29, 1.82) is 0 Å². The molecule has 0 saturated carbocycles. The molecule has 1 unspecified atom stereocenters. The smallest absolute Gasteiger partial charge is 0.307 e. The number of carbonyl (C=O) groups is 4. The Hall–Kier alpha value is -4.04. The number of anilines is 1. The number of fused-ring (bicyclic) bond motifs is 2. The van der Waals surface area contributed by atoms with Gasteiger partial charge in [0.05, 0.1) is 6.04 Å². The number of rotatable bonds is 3. The molecule has 8 heteroatoms. The zero-order valence-corrected chi connectivity index (χ0v) is 18.7. The Labute approximate surface area is 196 Å². The van der Waals surface area contributed by atoms with Crippen LogP contribution in [0.1, 0.15) is 34.3 Å². The van der Waals surface area contributed by atoms with Crippen molar-refractivity contribution in [3.05, 3.63) is 77.4 Å². The molecule has 1 saturated heterocycles. The van der Waals surface area contributed by atoms with E-state index < -0.39 is 18.0 Å². The summed E-state index contributed by atoms with van der Waals surface area (Å²) in [5.74, 6) is -0.975. The van der Waals surface area contributed by atoms with Gasteiger partial charge in [-0.1, -0.05) is 42.5 Å². The molecule has 0 aliphatic carbocycles. The van der Waals surface area contributed by atoms with Crippen LogP contribution < -0.4 is 10.6 Å². The molecule has 1 atom stereocenters. The monoisotopic (exact) mass is 456 g/mol. The van der Waals surface area contributed by atoms with Gasteiger partial charge in [0.15, 0.2) is 0 Å². The van der Waals surface area contributed by atoms with Gasteiger partial charge in [-0.05, 0) is 46.5 Å². The summed E-state index contributed by atoms with van der Waals surface area (Å²) in [5.41, 5.74) is 2.79. The summed E-state index contributed by atoms with van der Waals surface area (Å²) in [5, 5.41) is 7.23. The number of nitrogens with zero attached hydrogens (tertiary/aromatic N) is 2. The third-order valence-electron chi connectivity index (χ3n) is 6.50. The molecule has 172 valence electrons. The molecule has 1 fully saturated rings. The zero-order valence-electron chi connectivity index (χ0n) is 18.7. The van der Waals surface area contributed by atoms with Crippen LogP contribution in [0.3, 0.4) is 0 Å². The summed E-state index contributed by atoms with van der Waals surface area (Å²) in [6.45, 7) is 0.916. The van der Waals surface area contributed by atoms with E-state index >= 15 is 0 Å². The number of carbonyl (C=O) groups excluding carboxylic acids is 4. The number of nitrogens with one attached hydrogen (secondary N) is 2. The lowest BCUT2D eigenvalue weighted by molar-refractivity contribution is -0.137. The van der Waals surface area contributed by atoms with Gasteiger partial charge in [0.25, 0.3) is 5.91 Å². The maximum Gasteiger partial charge on any atom is 0.328 e. The van der Waals surface area contributed by atoms with E-state index in [2.05, 4.69) is 10.6 Å². The van der Waals surface area contributed by atoms with Crippen LogP contribution in [-0.4, -0.2) is 46.6 Å². The summed E-state index contributed by atoms with van der Waals surface area (Å²) in [4.78, 5) is 53.0. The molecule has 2 heterocycles. The van der Waals surface area contributed by atoms with Gasteiger partial charge in [-0.3, -0.25) is 29.5 Å². The first-order chi connectivity index (χ1) is 16.4. The van der Waals surface area contributed by atoms with E-state index in [-0.39, 0.29) is 11.8 Å². The Morgan fingerprint density at radius 1 is 1.00 bits per heavy atom. The van der Waals surface area contributed by atoms with Crippen LogP contribution in [-0.2, 0) is 22.7 Å². The van der Waals surface area contributed by atoms with E-state index in [1.807, 2.05) is 47.4 Å². The summed E-state index contributed by atoms with van der Waals surface area (Å²) < 4.78 is 0. The lowest BCUT2D eigenvalue weighted by atomic mass is 10.0. The Bertz CT molecular complexity index is 1340. The highest BCUT2D eigenvalue weighted by atomic mass is 16.2.